The minimum atomic E-state index is -3.84. The lowest BCUT2D eigenvalue weighted by molar-refractivity contribution is 0.0712. The largest absolute Gasteiger partial charge is 0.496 e. The van der Waals surface area contributed by atoms with E-state index >= 15 is 0 Å². The highest BCUT2D eigenvalue weighted by molar-refractivity contribution is 7.89. The minimum absolute atomic E-state index is 0.0595. The molecule has 3 rings (SSSR count). The lowest BCUT2D eigenvalue weighted by atomic mass is 9.91. The Balaban J connectivity index is 1.89. The molecule has 0 radical (unpaired) electrons. The van der Waals surface area contributed by atoms with Crippen LogP contribution < -0.4 is 14.8 Å². The number of aliphatic hydroxyl groups excluding tert-OH is 1. The number of benzene rings is 2. The number of hydrogen-bond acceptors (Lipinski definition) is 5. The zero-order valence-corrected chi connectivity index (χ0v) is 17.0. The van der Waals surface area contributed by atoms with Crippen molar-refractivity contribution in [2.45, 2.75) is 36.8 Å². The summed E-state index contributed by atoms with van der Waals surface area (Å²) in [6.45, 7) is 1.80. The Morgan fingerprint density at radius 3 is 2.57 bits per heavy atom. The molecule has 0 bridgehead atoms. The normalized spacial score (nSPS) is 19.0. The Kier molecular flexibility index (Phi) is 5.95. The number of carbonyl (C=O) groups is 1. The minimum Gasteiger partial charge on any atom is -0.496 e. The molecule has 0 atom stereocenters. The summed E-state index contributed by atoms with van der Waals surface area (Å²) in [5.41, 5.74) is 1.29. The first-order chi connectivity index (χ1) is 13.2. The first-order valence-corrected chi connectivity index (χ1v) is 10.5. The molecule has 28 heavy (non-hydrogen) atoms. The molecule has 0 saturated heterocycles. The van der Waals surface area contributed by atoms with Crippen LogP contribution in [-0.4, -0.2) is 38.7 Å². The number of aryl methyl sites for hydroxylation is 1. The highest BCUT2D eigenvalue weighted by Gasteiger charge is 2.31. The third-order valence-corrected chi connectivity index (χ3v) is 6.45. The van der Waals surface area contributed by atoms with Crippen molar-refractivity contribution in [2.75, 3.05) is 12.4 Å². The molecule has 0 spiro atoms. The molecule has 9 heteroatoms. The number of para-hydroxylation sites is 1. The van der Waals surface area contributed by atoms with Crippen LogP contribution in [0.4, 0.5) is 5.69 Å². The summed E-state index contributed by atoms with van der Waals surface area (Å²) in [6, 6.07) is 8.97. The average Bonchev–Trinajstić information content (AvgIpc) is 2.62. The van der Waals surface area contributed by atoms with Crippen molar-refractivity contribution in [1.29, 1.82) is 0 Å². The second-order valence-electron chi connectivity index (χ2n) is 6.69. The van der Waals surface area contributed by atoms with Crippen LogP contribution in [-0.2, 0) is 10.0 Å². The van der Waals surface area contributed by atoms with E-state index in [2.05, 4.69) is 10.0 Å². The van der Waals surface area contributed by atoms with E-state index in [1.807, 2.05) is 0 Å². The predicted molar refractivity (Wildman–Crippen MR) is 106 cm³/mol. The van der Waals surface area contributed by atoms with Crippen molar-refractivity contribution in [3.05, 3.63) is 52.5 Å². The van der Waals surface area contributed by atoms with Crippen LogP contribution in [0.25, 0.3) is 0 Å². The van der Waals surface area contributed by atoms with Crippen molar-refractivity contribution in [3.8, 4) is 5.75 Å². The van der Waals surface area contributed by atoms with Crippen LogP contribution in [0.1, 0.15) is 28.8 Å². The van der Waals surface area contributed by atoms with Crippen molar-refractivity contribution in [3.63, 3.8) is 0 Å². The molecule has 1 amide bonds. The van der Waals surface area contributed by atoms with Gasteiger partial charge in [0.25, 0.3) is 5.91 Å². The number of aliphatic hydroxyl groups is 1. The number of methoxy groups -OCH3 is 1. The maximum Gasteiger partial charge on any atom is 0.259 e. The quantitative estimate of drug-likeness (QED) is 0.661. The van der Waals surface area contributed by atoms with Crippen LogP contribution in [0.15, 0.2) is 41.3 Å². The van der Waals surface area contributed by atoms with Gasteiger partial charge >= 0.3 is 0 Å². The SMILES string of the molecule is COc1ccc(S(=O)(=O)NC2CC(O)C2)cc1C(=O)Nc1c(C)cccc1Cl. The van der Waals surface area contributed by atoms with E-state index in [1.165, 1.54) is 25.3 Å². The van der Waals surface area contributed by atoms with E-state index in [4.69, 9.17) is 16.3 Å². The standard InChI is InChI=1S/C19H21ClN2O5S/c1-11-4-3-5-16(20)18(11)21-19(24)15-10-14(6-7-17(15)27-2)28(25,26)22-12-8-13(23)9-12/h3-7,10,12-13,22-23H,8-9H2,1-2H3,(H,21,24). The number of rotatable bonds is 6. The summed E-state index contributed by atoms with van der Waals surface area (Å²) < 4.78 is 32.9. The molecule has 3 N–H and O–H groups in total. The highest BCUT2D eigenvalue weighted by atomic mass is 35.5. The monoisotopic (exact) mass is 424 g/mol. The number of halogens is 1. The van der Waals surface area contributed by atoms with E-state index in [-0.39, 0.29) is 22.3 Å². The second-order valence-corrected chi connectivity index (χ2v) is 8.81. The maximum atomic E-state index is 12.8. The Bertz CT molecular complexity index is 983. The van der Waals surface area contributed by atoms with Crippen LogP contribution in [0.5, 0.6) is 5.75 Å². The molecule has 2 aromatic carbocycles. The van der Waals surface area contributed by atoms with Gasteiger partial charge in [-0.15, -0.1) is 0 Å². The van der Waals surface area contributed by atoms with Gasteiger partial charge in [0, 0.05) is 6.04 Å². The summed E-state index contributed by atoms with van der Waals surface area (Å²) in [4.78, 5) is 12.8. The molecule has 0 heterocycles. The molecule has 1 aliphatic carbocycles. The van der Waals surface area contributed by atoms with Gasteiger partial charge in [0.1, 0.15) is 5.75 Å². The van der Waals surface area contributed by atoms with E-state index < -0.39 is 22.0 Å². The van der Waals surface area contributed by atoms with Gasteiger partial charge in [0.15, 0.2) is 0 Å². The fourth-order valence-corrected chi connectivity index (χ4v) is 4.53. The van der Waals surface area contributed by atoms with Crippen LogP contribution >= 0.6 is 11.6 Å². The number of hydrogen-bond donors (Lipinski definition) is 3. The molecule has 150 valence electrons. The third-order valence-electron chi connectivity index (χ3n) is 4.62. The Labute approximate surface area is 168 Å². The number of nitrogens with one attached hydrogen (secondary N) is 2. The van der Waals surface area contributed by atoms with Crippen LogP contribution in [0.2, 0.25) is 5.02 Å². The van der Waals surface area contributed by atoms with Crippen LogP contribution in [0.3, 0.4) is 0 Å². The smallest absolute Gasteiger partial charge is 0.259 e. The van der Waals surface area contributed by atoms with Crippen molar-refractivity contribution in [1.82, 2.24) is 4.72 Å². The molecular weight excluding hydrogens is 404 g/mol. The Morgan fingerprint density at radius 1 is 1.25 bits per heavy atom. The molecule has 2 aromatic rings. The van der Waals surface area contributed by atoms with E-state index in [0.29, 0.717) is 23.6 Å². The number of sulfonamides is 1. The van der Waals surface area contributed by atoms with Gasteiger partial charge < -0.3 is 15.2 Å². The van der Waals surface area contributed by atoms with E-state index in [9.17, 15) is 18.3 Å². The van der Waals surface area contributed by atoms with Crippen molar-refractivity contribution in [2.24, 2.45) is 0 Å². The summed E-state index contributed by atoms with van der Waals surface area (Å²) in [7, 11) is -2.44. The summed E-state index contributed by atoms with van der Waals surface area (Å²) in [5, 5.41) is 12.4. The van der Waals surface area contributed by atoms with Gasteiger partial charge in [-0.25, -0.2) is 13.1 Å². The molecule has 0 unspecified atom stereocenters. The fourth-order valence-electron chi connectivity index (χ4n) is 2.97. The van der Waals surface area contributed by atoms with E-state index in [0.717, 1.165) is 5.56 Å². The maximum absolute atomic E-state index is 12.8. The first kappa shape index (κ1) is 20.6. The molecule has 1 saturated carbocycles. The van der Waals surface area contributed by atoms with Gasteiger partial charge in [0.2, 0.25) is 10.0 Å². The average molecular weight is 425 g/mol. The van der Waals surface area contributed by atoms with Gasteiger partial charge in [0.05, 0.1) is 34.4 Å². The summed E-state index contributed by atoms with van der Waals surface area (Å²) in [5.74, 6) is -0.301. The van der Waals surface area contributed by atoms with Gasteiger partial charge in [-0.05, 0) is 49.6 Å². The van der Waals surface area contributed by atoms with Crippen LogP contribution in [0, 0.1) is 6.92 Å². The Morgan fingerprint density at radius 2 is 1.96 bits per heavy atom. The molecule has 0 aliphatic heterocycles. The summed E-state index contributed by atoms with van der Waals surface area (Å²) >= 11 is 6.16. The number of amides is 1. The van der Waals surface area contributed by atoms with E-state index in [1.54, 1.807) is 25.1 Å². The van der Waals surface area contributed by atoms with Gasteiger partial charge in [-0.2, -0.15) is 0 Å². The zero-order valence-electron chi connectivity index (χ0n) is 15.4. The van der Waals surface area contributed by atoms with Gasteiger partial charge in [-0.1, -0.05) is 23.7 Å². The molecular formula is C19H21ClN2O5S. The lowest BCUT2D eigenvalue weighted by Crippen LogP contribution is -2.46. The van der Waals surface area contributed by atoms with Crippen molar-refractivity contribution < 1.29 is 23.1 Å². The highest BCUT2D eigenvalue weighted by Crippen LogP contribution is 2.29. The van der Waals surface area contributed by atoms with Crippen molar-refractivity contribution >= 4 is 33.2 Å². The zero-order chi connectivity index (χ0) is 20.5. The molecule has 0 aromatic heterocycles. The second kappa shape index (κ2) is 8.08. The number of anilines is 1. The number of carbonyl (C=O) groups excluding carboxylic acids is 1. The fraction of sp³-hybridized carbons (Fsp3) is 0.316. The van der Waals surface area contributed by atoms with Gasteiger partial charge in [-0.3, -0.25) is 4.79 Å². The number of ether oxygens (including phenoxy) is 1. The first-order valence-electron chi connectivity index (χ1n) is 8.66. The third kappa shape index (κ3) is 4.30. The molecule has 1 aliphatic rings. The lowest BCUT2D eigenvalue weighted by Gasteiger charge is -2.31. The Hall–Kier alpha value is -2.13. The predicted octanol–water partition coefficient (Wildman–Crippen LogP) is 2.71. The topological polar surface area (TPSA) is 105 Å². The molecule has 1 fully saturated rings. The molecule has 7 nitrogen and oxygen atoms in total. The summed E-state index contributed by atoms with van der Waals surface area (Å²) in [6.07, 6.45) is 0.256.